The lowest BCUT2D eigenvalue weighted by atomic mass is 9.76. The van der Waals surface area contributed by atoms with E-state index >= 15 is 0 Å². The fourth-order valence-corrected chi connectivity index (χ4v) is 2.53. The van der Waals surface area contributed by atoms with Crippen LogP contribution >= 0.6 is 0 Å². The number of aliphatic hydroxyl groups excluding tert-OH is 1. The van der Waals surface area contributed by atoms with Gasteiger partial charge in [-0.15, -0.1) is 0 Å². The van der Waals surface area contributed by atoms with Gasteiger partial charge in [0.05, 0.1) is 12.7 Å². The summed E-state index contributed by atoms with van der Waals surface area (Å²) >= 11 is 0. The molecular weight excluding hydrogens is 226 g/mol. The zero-order valence-corrected chi connectivity index (χ0v) is 12.6. The van der Waals surface area contributed by atoms with Gasteiger partial charge in [0, 0.05) is 12.1 Å². The van der Waals surface area contributed by atoms with Crippen LogP contribution in [0.5, 0.6) is 0 Å². The van der Waals surface area contributed by atoms with E-state index in [0.717, 1.165) is 19.4 Å². The van der Waals surface area contributed by atoms with Gasteiger partial charge in [0.1, 0.15) is 0 Å². The van der Waals surface area contributed by atoms with Gasteiger partial charge < -0.3 is 15.2 Å². The number of rotatable bonds is 7. The van der Waals surface area contributed by atoms with Crippen LogP contribution in [0.15, 0.2) is 0 Å². The van der Waals surface area contributed by atoms with Crippen molar-refractivity contribution in [1.82, 2.24) is 5.32 Å². The van der Waals surface area contributed by atoms with Crippen LogP contribution in [0.4, 0.5) is 0 Å². The van der Waals surface area contributed by atoms with Crippen molar-refractivity contribution in [2.24, 2.45) is 5.41 Å². The van der Waals surface area contributed by atoms with E-state index in [9.17, 15) is 5.11 Å². The van der Waals surface area contributed by atoms with Crippen molar-refractivity contribution in [3.8, 4) is 0 Å². The summed E-state index contributed by atoms with van der Waals surface area (Å²) in [5.41, 5.74) is 0.360. The molecule has 0 amide bonds. The molecule has 0 aromatic heterocycles. The normalized spacial score (nSPS) is 23.8. The maximum atomic E-state index is 9.29. The molecule has 18 heavy (non-hydrogen) atoms. The van der Waals surface area contributed by atoms with Crippen LogP contribution in [-0.2, 0) is 4.74 Å². The Hall–Kier alpha value is -0.120. The predicted octanol–water partition coefficient (Wildman–Crippen LogP) is 2.72. The quantitative estimate of drug-likeness (QED) is 0.689. The molecule has 0 radical (unpaired) electrons. The highest BCUT2D eigenvalue weighted by Gasteiger charge is 2.27. The highest BCUT2D eigenvalue weighted by molar-refractivity contribution is 4.81. The van der Waals surface area contributed by atoms with Crippen molar-refractivity contribution in [3.05, 3.63) is 0 Å². The highest BCUT2D eigenvalue weighted by atomic mass is 16.5. The zero-order chi connectivity index (χ0) is 13.6. The fourth-order valence-electron chi connectivity index (χ4n) is 2.53. The second kappa shape index (κ2) is 6.88. The molecule has 0 bridgehead atoms. The van der Waals surface area contributed by atoms with E-state index < -0.39 is 0 Å². The number of likely N-dealkylation sites (N-methyl/N-ethyl adjacent to an activating group) is 1. The summed E-state index contributed by atoms with van der Waals surface area (Å²) in [5, 5.41) is 12.5. The van der Waals surface area contributed by atoms with Crippen LogP contribution in [0.3, 0.4) is 0 Å². The van der Waals surface area contributed by atoms with Gasteiger partial charge >= 0.3 is 0 Å². The molecule has 108 valence electrons. The van der Waals surface area contributed by atoms with Crippen LogP contribution in [0, 0.1) is 5.41 Å². The van der Waals surface area contributed by atoms with E-state index in [1.165, 1.54) is 25.7 Å². The van der Waals surface area contributed by atoms with Gasteiger partial charge in [-0.25, -0.2) is 0 Å². The van der Waals surface area contributed by atoms with Crippen LogP contribution in [0.2, 0.25) is 0 Å². The maximum Gasteiger partial charge on any atom is 0.0610 e. The Bertz CT molecular complexity index is 227. The summed E-state index contributed by atoms with van der Waals surface area (Å²) in [6.45, 7) is 7.76. The Morgan fingerprint density at radius 2 is 1.94 bits per heavy atom. The Labute approximate surface area is 112 Å². The van der Waals surface area contributed by atoms with Crippen LogP contribution in [0.25, 0.3) is 0 Å². The lowest BCUT2D eigenvalue weighted by molar-refractivity contribution is -0.0000111. The third-order valence-electron chi connectivity index (χ3n) is 4.47. The molecule has 2 N–H and O–H groups in total. The minimum atomic E-state index is -0.155. The van der Waals surface area contributed by atoms with Crippen molar-refractivity contribution < 1.29 is 9.84 Å². The molecule has 1 rings (SSSR count). The summed E-state index contributed by atoms with van der Waals surface area (Å²) in [7, 11) is 1.90. The second-order valence-corrected chi connectivity index (χ2v) is 6.81. The molecule has 0 spiro atoms. The average molecular weight is 257 g/mol. The summed E-state index contributed by atoms with van der Waals surface area (Å²) in [4.78, 5) is 0. The van der Waals surface area contributed by atoms with Crippen molar-refractivity contribution in [2.45, 2.75) is 70.9 Å². The minimum absolute atomic E-state index is 0.155. The van der Waals surface area contributed by atoms with Gasteiger partial charge in [0.15, 0.2) is 0 Å². The van der Waals surface area contributed by atoms with Crippen molar-refractivity contribution in [2.75, 3.05) is 20.3 Å². The van der Waals surface area contributed by atoms with E-state index in [1.807, 2.05) is 7.05 Å². The first-order valence-electron chi connectivity index (χ1n) is 7.32. The first kappa shape index (κ1) is 15.9. The monoisotopic (exact) mass is 257 g/mol. The Morgan fingerprint density at radius 3 is 2.44 bits per heavy atom. The van der Waals surface area contributed by atoms with Gasteiger partial charge in [-0.05, 0) is 57.9 Å². The van der Waals surface area contributed by atoms with E-state index in [2.05, 4.69) is 26.1 Å². The third kappa shape index (κ3) is 5.25. The van der Waals surface area contributed by atoms with E-state index in [1.54, 1.807) is 0 Å². The standard InChI is InChI=1S/C15H31NO2/c1-14(2)9-6-13(7-10-14)18-11-5-8-15(3,12-17)16-4/h13,16-17H,5-12H2,1-4H3. The van der Waals surface area contributed by atoms with E-state index in [-0.39, 0.29) is 12.1 Å². The molecule has 0 aromatic carbocycles. The molecule has 3 heteroatoms. The lowest BCUT2D eigenvalue weighted by Gasteiger charge is -2.34. The SMILES string of the molecule is CNC(C)(CO)CCCOC1CCC(C)(C)CC1. The van der Waals surface area contributed by atoms with Crippen LogP contribution in [0.1, 0.15) is 59.3 Å². The summed E-state index contributed by atoms with van der Waals surface area (Å²) < 4.78 is 5.95. The Balaban J connectivity index is 2.12. The summed E-state index contributed by atoms with van der Waals surface area (Å²) in [6, 6.07) is 0. The van der Waals surface area contributed by atoms with Crippen LogP contribution < -0.4 is 5.32 Å². The average Bonchev–Trinajstić information content (AvgIpc) is 2.36. The molecule has 0 heterocycles. The van der Waals surface area contributed by atoms with Gasteiger partial charge in [0.2, 0.25) is 0 Å². The molecular formula is C15H31NO2. The van der Waals surface area contributed by atoms with Crippen molar-refractivity contribution in [1.29, 1.82) is 0 Å². The number of aliphatic hydroxyl groups is 1. The van der Waals surface area contributed by atoms with Crippen molar-refractivity contribution in [3.63, 3.8) is 0 Å². The summed E-state index contributed by atoms with van der Waals surface area (Å²) in [6.07, 6.45) is 7.40. The molecule has 0 aliphatic heterocycles. The molecule has 1 atom stereocenters. The van der Waals surface area contributed by atoms with Gasteiger partial charge in [-0.3, -0.25) is 0 Å². The zero-order valence-electron chi connectivity index (χ0n) is 12.6. The number of nitrogens with one attached hydrogen (secondary N) is 1. The largest absolute Gasteiger partial charge is 0.394 e. The minimum Gasteiger partial charge on any atom is -0.394 e. The predicted molar refractivity (Wildman–Crippen MR) is 75.8 cm³/mol. The lowest BCUT2D eigenvalue weighted by Crippen LogP contribution is -2.43. The highest BCUT2D eigenvalue weighted by Crippen LogP contribution is 2.36. The third-order valence-corrected chi connectivity index (χ3v) is 4.47. The van der Waals surface area contributed by atoms with Gasteiger partial charge in [0.25, 0.3) is 0 Å². The fraction of sp³-hybridized carbons (Fsp3) is 1.00. The van der Waals surface area contributed by atoms with Crippen molar-refractivity contribution >= 4 is 0 Å². The molecule has 0 aromatic rings. The Kier molecular flexibility index (Phi) is 6.09. The topological polar surface area (TPSA) is 41.5 Å². The maximum absolute atomic E-state index is 9.29. The van der Waals surface area contributed by atoms with E-state index in [0.29, 0.717) is 11.5 Å². The van der Waals surface area contributed by atoms with Crippen LogP contribution in [-0.4, -0.2) is 37.0 Å². The van der Waals surface area contributed by atoms with E-state index in [4.69, 9.17) is 4.74 Å². The molecule has 0 saturated heterocycles. The molecule has 1 unspecified atom stereocenters. The number of hydrogen-bond donors (Lipinski definition) is 2. The first-order valence-corrected chi connectivity index (χ1v) is 7.32. The molecule has 1 fully saturated rings. The Morgan fingerprint density at radius 1 is 1.33 bits per heavy atom. The summed E-state index contributed by atoms with van der Waals surface area (Å²) in [5.74, 6) is 0. The first-order chi connectivity index (χ1) is 8.41. The van der Waals surface area contributed by atoms with Gasteiger partial charge in [-0.2, -0.15) is 0 Å². The number of hydrogen-bond acceptors (Lipinski definition) is 3. The molecule has 3 nitrogen and oxygen atoms in total. The smallest absolute Gasteiger partial charge is 0.0610 e. The number of ether oxygens (including phenoxy) is 1. The molecule has 1 aliphatic carbocycles. The second-order valence-electron chi connectivity index (χ2n) is 6.81. The van der Waals surface area contributed by atoms with Gasteiger partial charge in [-0.1, -0.05) is 13.8 Å². The molecule has 1 aliphatic rings. The molecule has 1 saturated carbocycles.